The van der Waals surface area contributed by atoms with Crippen LogP contribution in [0.3, 0.4) is 0 Å². The van der Waals surface area contributed by atoms with Crippen molar-refractivity contribution in [3.63, 3.8) is 0 Å². The Morgan fingerprint density at radius 1 is 1.43 bits per heavy atom. The van der Waals surface area contributed by atoms with Gasteiger partial charge in [-0.3, -0.25) is 9.59 Å². The van der Waals surface area contributed by atoms with Gasteiger partial charge in [0, 0.05) is 11.3 Å². The fourth-order valence-electron chi connectivity index (χ4n) is 0.680. The summed E-state index contributed by atoms with van der Waals surface area (Å²) in [6.45, 7) is -0.678. The molecule has 1 amide bonds. The minimum absolute atomic E-state index is 0.361. The number of carboxylic acids is 1. The SMILES string of the molecule is [2H]c1c([2H])c(C(=O)NCC(=O)O)c([2H])c([2H])c1N. The molecule has 74 valence electrons. The van der Waals surface area contributed by atoms with E-state index in [1.807, 2.05) is 5.32 Å². The summed E-state index contributed by atoms with van der Waals surface area (Å²) in [5.74, 6) is -2.27. The number of nitrogens with two attached hydrogens (primary N) is 1. The highest BCUT2D eigenvalue weighted by Crippen LogP contribution is 2.04. The average Bonchev–Trinajstić information content (AvgIpc) is 2.31. The monoisotopic (exact) mass is 198 g/mol. The van der Waals surface area contributed by atoms with E-state index in [9.17, 15) is 9.59 Å². The third-order valence-electron chi connectivity index (χ3n) is 1.27. The van der Waals surface area contributed by atoms with E-state index in [-0.39, 0.29) is 5.69 Å². The number of aliphatic carboxylic acids is 1. The van der Waals surface area contributed by atoms with Gasteiger partial charge in [-0.1, -0.05) is 0 Å². The van der Waals surface area contributed by atoms with Gasteiger partial charge in [0.1, 0.15) is 6.54 Å². The van der Waals surface area contributed by atoms with Gasteiger partial charge in [0.05, 0.1) is 5.48 Å². The number of carbonyl (C=O) groups is 2. The van der Waals surface area contributed by atoms with Crippen molar-refractivity contribution >= 4 is 17.6 Å². The molecule has 0 aliphatic rings. The van der Waals surface area contributed by atoms with E-state index in [2.05, 4.69) is 0 Å². The molecule has 5 heteroatoms. The van der Waals surface area contributed by atoms with Crippen LogP contribution in [0.5, 0.6) is 0 Å². The normalized spacial score (nSPS) is 13.4. The summed E-state index contributed by atoms with van der Waals surface area (Å²) >= 11 is 0. The first-order valence-electron chi connectivity index (χ1n) is 5.63. The highest BCUT2D eigenvalue weighted by molar-refractivity contribution is 5.95. The molecular formula is C9H10N2O3. The molecule has 0 radical (unpaired) electrons. The van der Waals surface area contributed by atoms with E-state index >= 15 is 0 Å². The summed E-state index contributed by atoms with van der Waals surface area (Å²) in [6, 6.07) is -2.26. The van der Waals surface area contributed by atoms with Crippen molar-refractivity contribution in [2.75, 3.05) is 12.3 Å². The van der Waals surface area contributed by atoms with Gasteiger partial charge in [0.2, 0.25) is 0 Å². The molecule has 0 unspecified atom stereocenters. The highest BCUT2D eigenvalue weighted by Gasteiger charge is 2.05. The standard InChI is InChI=1S/C9H10N2O3/c10-7-3-1-6(2-4-7)9(14)11-5-8(12)13/h1-4H,5,10H2,(H,11,14)(H,12,13)/i1D,2D,3D,4D. The van der Waals surface area contributed by atoms with E-state index in [0.717, 1.165) is 0 Å². The van der Waals surface area contributed by atoms with Crippen LogP contribution in [-0.4, -0.2) is 23.5 Å². The molecule has 1 aromatic carbocycles. The van der Waals surface area contributed by atoms with E-state index in [0.29, 0.717) is 0 Å². The van der Waals surface area contributed by atoms with Crippen molar-refractivity contribution in [2.45, 2.75) is 0 Å². The lowest BCUT2D eigenvalue weighted by Gasteiger charge is -2.01. The summed E-state index contributed by atoms with van der Waals surface area (Å²) in [6.07, 6.45) is 0. The van der Waals surface area contributed by atoms with Gasteiger partial charge in [-0.2, -0.15) is 0 Å². The number of nitrogen functional groups attached to an aromatic ring is 1. The number of anilines is 1. The van der Waals surface area contributed by atoms with Gasteiger partial charge >= 0.3 is 5.97 Å². The van der Waals surface area contributed by atoms with Gasteiger partial charge in [-0.15, -0.1) is 0 Å². The molecule has 0 saturated carbocycles. The molecule has 4 N–H and O–H groups in total. The van der Waals surface area contributed by atoms with Crippen molar-refractivity contribution in [1.29, 1.82) is 0 Å². The first-order chi connectivity index (χ1) is 8.27. The Morgan fingerprint density at radius 2 is 2.00 bits per heavy atom. The Hall–Kier alpha value is -2.04. The Labute approximate surface area is 86.2 Å². The highest BCUT2D eigenvalue weighted by atomic mass is 16.4. The first-order valence-corrected chi connectivity index (χ1v) is 3.63. The number of benzene rings is 1. The zero-order chi connectivity index (χ0) is 14.0. The maximum atomic E-state index is 11.6. The Morgan fingerprint density at radius 3 is 2.50 bits per heavy atom. The predicted molar refractivity (Wildman–Crippen MR) is 50.8 cm³/mol. The molecule has 0 aliphatic heterocycles. The lowest BCUT2D eigenvalue weighted by molar-refractivity contribution is -0.135. The van der Waals surface area contributed by atoms with Crippen LogP contribution in [0.25, 0.3) is 0 Å². The Bertz CT molecular complexity index is 504. The zero-order valence-electron chi connectivity index (χ0n) is 11.0. The number of nitrogens with one attached hydrogen (secondary N) is 1. The third-order valence-corrected chi connectivity index (χ3v) is 1.27. The maximum Gasteiger partial charge on any atom is 0.322 e. The summed E-state index contributed by atoms with van der Waals surface area (Å²) in [7, 11) is 0. The lowest BCUT2D eigenvalue weighted by Crippen LogP contribution is -2.29. The minimum atomic E-state index is -1.28. The van der Waals surface area contributed by atoms with Crippen LogP contribution in [-0.2, 0) is 4.79 Å². The Balaban J connectivity index is 3.24. The van der Waals surface area contributed by atoms with Crippen LogP contribution in [0.2, 0.25) is 0 Å². The van der Waals surface area contributed by atoms with Crippen LogP contribution in [0, 0.1) is 0 Å². The number of rotatable bonds is 3. The Kier molecular flexibility index (Phi) is 1.72. The summed E-state index contributed by atoms with van der Waals surface area (Å²) in [4.78, 5) is 21.9. The maximum absolute atomic E-state index is 11.6. The fourth-order valence-corrected chi connectivity index (χ4v) is 0.680. The van der Waals surface area contributed by atoms with Crippen molar-refractivity contribution in [2.24, 2.45) is 0 Å². The molecule has 0 bridgehead atoms. The molecule has 0 spiro atoms. The third kappa shape index (κ3) is 2.78. The molecule has 0 atom stereocenters. The van der Waals surface area contributed by atoms with Gasteiger partial charge in [0.25, 0.3) is 5.91 Å². The average molecular weight is 198 g/mol. The van der Waals surface area contributed by atoms with E-state index < -0.39 is 48.2 Å². The number of amides is 1. The first kappa shape index (κ1) is 5.64. The molecule has 0 saturated heterocycles. The molecule has 1 aromatic rings. The van der Waals surface area contributed by atoms with E-state index in [1.54, 1.807) is 0 Å². The van der Waals surface area contributed by atoms with Crippen LogP contribution in [0.4, 0.5) is 5.69 Å². The second-order valence-electron chi connectivity index (χ2n) is 2.37. The molecule has 0 fully saturated rings. The summed E-state index contributed by atoms with van der Waals surface area (Å²) in [5, 5.41) is 10.4. The molecule has 0 aromatic heterocycles. The van der Waals surface area contributed by atoms with Crippen LogP contribution in [0.15, 0.2) is 24.2 Å². The van der Waals surface area contributed by atoms with Crippen molar-refractivity contribution < 1.29 is 20.2 Å². The topological polar surface area (TPSA) is 92.4 Å². The minimum Gasteiger partial charge on any atom is -0.480 e. The second kappa shape index (κ2) is 4.27. The fraction of sp³-hybridized carbons (Fsp3) is 0.111. The summed E-state index contributed by atoms with van der Waals surface area (Å²) < 4.78 is 29.9. The van der Waals surface area contributed by atoms with Crippen molar-refractivity contribution in [1.82, 2.24) is 5.32 Å². The smallest absolute Gasteiger partial charge is 0.322 e. The molecule has 5 nitrogen and oxygen atoms in total. The zero-order valence-corrected chi connectivity index (χ0v) is 7.05. The van der Waals surface area contributed by atoms with Crippen LogP contribution in [0.1, 0.15) is 15.8 Å². The summed E-state index contributed by atoms with van der Waals surface area (Å²) in [5.41, 5.74) is 4.45. The quantitative estimate of drug-likeness (QED) is 0.600. The molecule has 14 heavy (non-hydrogen) atoms. The molecule has 1 rings (SSSR count). The van der Waals surface area contributed by atoms with Crippen molar-refractivity contribution in [3.8, 4) is 0 Å². The van der Waals surface area contributed by atoms with Crippen molar-refractivity contribution in [3.05, 3.63) is 29.7 Å². The van der Waals surface area contributed by atoms with Gasteiger partial charge < -0.3 is 16.2 Å². The van der Waals surface area contributed by atoms with E-state index in [4.69, 9.17) is 16.3 Å². The van der Waals surface area contributed by atoms with Gasteiger partial charge in [-0.05, 0) is 24.2 Å². The number of hydrogen-bond acceptors (Lipinski definition) is 3. The molecule has 0 aliphatic carbocycles. The van der Waals surface area contributed by atoms with Crippen LogP contribution >= 0.6 is 0 Å². The van der Waals surface area contributed by atoms with Crippen LogP contribution < -0.4 is 11.1 Å². The van der Waals surface area contributed by atoms with E-state index in [1.165, 1.54) is 0 Å². The second-order valence-corrected chi connectivity index (χ2v) is 2.37. The number of carbonyl (C=O) groups excluding carboxylic acids is 1. The number of hydrogen-bond donors (Lipinski definition) is 3. The van der Waals surface area contributed by atoms with Gasteiger partial charge in [0.15, 0.2) is 0 Å². The number of carboxylic acid groups (broad SMARTS) is 1. The van der Waals surface area contributed by atoms with Gasteiger partial charge in [-0.25, -0.2) is 0 Å². The molecule has 0 heterocycles. The largest absolute Gasteiger partial charge is 0.480 e. The lowest BCUT2D eigenvalue weighted by atomic mass is 10.2. The predicted octanol–water partition coefficient (Wildman–Crippen LogP) is 0.0832. The molecular weight excluding hydrogens is 184 g/mol.